The largest absolute Gasteiger partial charge is 0.451 e. The van der Waals surface area contributed by atoms with Gasteiger partial charge >= 0.3 is 6.18 Å². The lowest BCUT2D eigenvalue weighted by Gasteiger charge is -2.25. The molecule has 120 valence electrons. The zero-order chi connectivity index (χ0) is 16.2. The fourth-order valence-electron chi connectivity index (χ4n) is 2.26. The number of alkyl halides is 3. The first-order chi connectivity index (χ1) is 9.65. The summed E-state index contributed by atoms with van der Waals surface area (Å²) < 4.78 is 38.3. The Hall–Kier alpha value is -1.53. The maximum atomic E-state index is 12.8. The quantitative estimate of drug-likeness (QED) is 0.837. The highest BCUT2D eigenvalue weighted by atomic mass is 19.4. The fraction of sp³-hybridized carbons (Fsp3) is 0.714. The minimum absolute atomic E-state index is 0.144. The molecule has 0 unspecified atom stereocenters. The Kier molecular flexibility index (Phi) is 5.80. The molecule has 0 aliphatic carbocycles. The van der Waals surface area contributed by atoms with E-state index in [1.807, 2.05) is 0 Å². The third-order valence-corrected chi connectivity index (χ3v) is 3.47. The molecule has 21 heavy (non-hydrogen) atoms. The molecule has 1 heterocycles. The lowest BCUT2D eigenvalue weighted by atomic mass is 9.85. The van der Waals surface area contributed by atoms with E-state index in [2.05, 4.69) is 48.3 Å². The molecule has 1 aromatic rings. The maximum absolute atomic E-state index is 12.8. The van der Waals surface area contributed by atoms with Gasteiger partial charge in [-0.1, -0.05) is 27.7 Å². The molecule has 0 radical (unpaired) electrons. The van der Waals surface area contributed by atoms with Gasteiger partial charge in [-0.15, -0.1) is 0 Å². The first-order valence-corrected chi connectivity index (χ1v) is 7.03. The van der Waals surface area contributed by atoms with Crippen molar-refractivity contribution in [3.05, 3.63) is 11.9 Å². The number of halogens is 3. The van der Waals surface area contributed by atoms with Crippen LogP contribution in [-0.4, -0.2) is 23.6 Å². The third kappa shape index (κ3) is 5.06. The zero-order valence-corrected chi connectivity index (χ0v) is 13.0. The van der Waals surface area contributed by atoms with Gasteiger partial charge in [-0.2, -0.15) is 13.2 Å². The molecular formula is C14H23F3N4. The Morgan fingerprint density at radius 1 is 1.05 bits per heavy atom. The van der Waals surface area contributed by atoms with Crippen molar-refractivity contribution in [1.29, 1.82) is 0 Å². The first-order valence-electron chi connectivity index (χ1n) is 7.03. The van der Waals surface area contributed by atoms with E-state index < -0.39 is 12.0 Å². The Bertz CT molecular complexity index is 450. The van der Waals surface area contributed by atoms with Gasteiger partial charge in [-0.3, -0.25) is 0 Å². The third-order valence-electron chi connectivity index (χ3n) is 3.47. The van der Waals surface area contributed by atoms with E-state index in [1.165, 1.54) is 13.1 Å². The zero-order valence-electron chi connectivity index (χ0n) is 13.0. The second-order valence-electron chi connectivity index (χ2n) is 5.74. The number of nitrogens with one attached hydrogen (secondary N) is 2. The predicted octanol–water partition coefficient (Wildman–Crippen LogP) is 3.88. The molecule has 7 heteroatoms. The van der Waals surface area contributed by atoms with Crippen LogP contribution in [-0.2, 0) is 6.18 Å². The average Bonchev–Trinajstić information content (AvgIpc) is 2.36. The van der Waals surface area contributed by atoms with E-state index in [9.17, 15) is 13.2 Å². The Morgan fingerprint density at radius 3 is 2.00 bits per heavy atom. The van der Waals surface area contributed by atoms with Crippen LogP contribution < -0.4 is 10.6 Å². The van der Waals surface area contributed by atoms with Gasteiger partial charge in [0, 0.05) is 19.7 Å². The van der Waals surface area contributed by atoms with Gasteiger partial charge in [0.1, 0.15) is 11.6 Å². The van der Waals surface area contributed by atoms with E-state index >= 15 is 0 Å². The van der Waals surface area contributed by atoms with Crippen LogP contribution in [0.3, 0.4) is 0 Å². The molecule has 1 aromatic heterocycles. The Morgan fingerprint density at radius 2 is 1.57 bits per heavy atom. The SMILES string of the molecule is CNc1cc(NCC(C(C)C)C(C)C)nc(C(F)(F)F)n1. The standard InChI is InChI=1S/C14H23F3N4/c1-8(2)10(9(3)4)7-19-12-6-11(18-5)20-13(21-12)14(15,16)17/h6,8-10H,7H2,1-5H3,(H2,18,19,20,21). The summed E-state index contributed by atoms with van der Waals surface area (Å²) in [5.41, 5.74) is 0. The van der Waals surface area contributed by atoms with E-state index in [0.717, 1.165) is 0 Å². The van der Waals surface area contributed by atoms with E-state index in [1.54, 1.807) is 0 Å². The minimum Gasteiger partial charge on any atom is -0.373 e. The molecular weight excluding hydrogens is 281 g/mol. The predicted molar refractivity (Wildman–Crippen MR) is 78.2 cm³/mol. The van der Waals surface area contributed by atoms with Crippen molar-refractivity contribution in [3.8, 4) is 0 Å². The molecule has 0 aliphatic heterocycles. The van der Waals surface area contributed by atoms with Gasteiger partial charge in [0.15, 0.2) is 0 Å². The summed E-state index contributed by atoms with van der Waals surface area (Å²) >= 11 is 0. The molecule has 0 saturated carbocycles. The summed E-state index contributed by atoms with van der Waals surface area (Å²) in [5.74, 6) is 0.420. The van der Waals surface area contributed by atoms with Crippen LogP contribution in [0.1, 0.15) is 33.5 Å². The summed E-state index contributed by atoms with van der Waals surface area (Å²) in [6, 6.07) is 1.48. The van der Waals surface area contributed by atoms with Crippen LogP contribution in [0, 0.1) is 17.8 Å². The number of nitrogens with zero attached hydrogens (tertiary/aromatic N) is 2. The Labute approximate surface area is 123 Å². The van der Waals surface area contributed by atoms with Crippen LogP contribution in [0.5, 0.6) is 0 Å². The summed E-state index contributed by atoms with van der Waals surface area (Å²) in [7, 11) is 1.53. The van der Waals surface area contributed by atoms with Gasteiger partial charge in [-0.25, -0.2) is 9.97 Å². The van der Waals surface area contributed by atoms with Crippen LogP contribution in [0.25, 0.3) is 0 Å². The van der Waals surface area contributed by atoms with Gasteiger partial charge < -0.3 is 10.6 Å². The molecule has 0 aromatic carbocycles. The van der Waals surface area contributed by atoms with Crippen LogP contribution in [0.4, 0.5) is 24.8 Å². The highest BCUT2D eigenvalue weighted by Gasteiger charge is 2.35. The molecule has 2 N–H and O–H groups in total. The van der Waals surface area contributed by atoms with Gasteiger partial charge in [0.2, 0.25) is 5.82 Å². The van der Waals surface area contributed by atoms with Crippen molar-refractivity contribution in [1.82, 2.24) is 9.97 Å². The summed E-state index contributed by atoms with van der Waals surface area (Å²) in [4.78, 5) is 6.99. The van der Waals surface area contributed by atoms with Crippen molar-refractivity contribution >= 4 is 11.6 Å². The van der Waals surface area contributed by atoms with E-state index in [-0.39, 0.29) is 11.6 Å². The first kappa shape index (κ1) is 17.5. The van der Waals surface area contributed by atoms with Crippen LogP contribution >= 0.6 is 0 Å². The van der Waals surface area contributed by atoms with Gasteiger partial charge in [0.25, 0.3) is 0 Å². The molecule has 0 fully saturated rings. The minimum atomic E-state index is -4.56. The van der Waals surface area contributed by atoms with Crippen molar-refractivity contribution < 1.29 is 13.2 Å². The molecule has 0 amide bonds. The second-order valence-corrected chi connectivity index (χ2v) is 5.74. The van der Waals surface area contributed by atoms with Crippen molar-refractivity contribution in [2.24, 2.45) is 17.8 Å². The van der Waals surface area contributed by atoms with Crippen LogP contribution in [0.15, 0.2) is 6.07 Å². The molecule has 1 rings (SSSR count). The lowest BCUT2D eigenvalue weighted by molar-refractivity contribution is -0.144. The molecule has 0 atom stereocenters. The number of hydrogen-bond acceptors (Lipinski definition) is 4. The number of hydrogen-bond donors (Lipinski definition) is 2. The smallest absolute Gasteiger partial charge is 0.373 e. The normalized spacial score (nSPS) is 12.3. The van der Waals surface area contributed by atoms with E-state index in [0.29, 0.717) is 24.3 Å². The molecule has 0 saturated heterocycles. The highest BCUT2D eigenvalue weighted by Crippen LogP contribution is 2.28. The number of rotatable bonds is 6. The van der Waals surface area contributed by atoms with E-state index in [4.69, 9.17) is 0 Å². The molecule has 0 spiro atoms. The summed E-state index contributed by atoms with van der Waals surface area (Å²) in [6.07, 6.45) is -4.56. The summed E-state index contributed by atoms with van der Waals surface area (Å²) in [5, 5.41) is 5.63. The molecule has 4 nitrogen and oxygen atoms in total. The maximum Gasteiger partial charge on any atom is 0.451 e. The average molecular weight is 304 g/mol. The van der Waals surface area contributed by atoms with Gasteiger partial charge in [0.05, 0.1) is 0 Å². The summed E-state index contributed by atoms with van der Waals surface area (Å²) in [6.45, 7) is 8.99. The second kappa shape index (κ2) is 6.95. The number of anilines is 2. The van der Waals surface area contributed by atoms with Gasteiger partial charge in [-0.05, 0) is 17.8 Å². The monoisotopic (exact) mass is 304 g/mol. The Balaban J connectivity index is 2.92. The fourth-order valence-corrected chi connectivity index (χ4v) is 2.26. The molecule has 0 bridgehead atoms. The highest BCUT2D eigenvalue weighted by molar-refractivity contribution is 5.47. The topological polar surface area (TPSA) is 49.8 Å². The number of aromatic nitrogens is 2. The lowest BCUT2D eigenvalue weighted by Crippen LogP contribution is -2.25. The van der Waals surface area contributed by atoms with Crippen molar-refractivity contribution in [2.75, 3.05) is 24.2 Å². The molecule has 0 aliphatic rings. The van der Waals surface area contributed by atoms with Crippen LogP contribution in [0.2, 0.25) is 0 Å². The van der Waals surface area contributed by atoms with Crippen molar-refractivity contribution in [2.45, 2.75) is 33.9 Å². The van der Waals surface area contributed by atoms with Crippen molar-refractivity contribution in [3.63, 3.8) is 0 Å².